The Morgan fingerprint density at radius 3 is 2.31 bits per heavy atom. The van der Waals surface area contributed by atoms with Crippen LogP contribution in [0.15, 0.2) is 0 Å². The van der Waals surface area contributed by atoms with Crippen LogP contribution in [0, 0.1) is 11.3 Å². The molecule has 1 aliphatic carbocycles. The fourth-order valence-corrected chi connectivity index (χ4v) is 2.72. The van der Waals surface area contributed by atoms with Crippen molar-refractivity contribution in [1.29, 1.82) is 0 Å². The van der Waals surface area contributed by atoms with Crippen LogP contribution < -0.4 is 5.73 Å². The second-order valence-electron chi connectivity index (χ2n) is 6.30. The molecule has 1 aliphatic heterocycles. The summed E-state index contributed by atoms with van der Waals surface area (Å²) < 4.78 is 0. The van der Waals surface area contributed by atoms with E-state index >= 15 is 0 Å². The van der Waals surface area contributed by atoms with E-state index in [4.69, 9.17) is 5.73 Å². The third kappa shape index (κ3) is 1.75. The minimum Gasteiger partial charge on any atom is -0.341 e. The van der Waals surface area contributed by atoms with Gasteiger partial charge in [-0.25, -0.2) is 0 Å². The molecule has 0 radical (unpaired) electrons. The van der Waals surface area contributed by atoms with Crippen molar-refractivity contribution in [3.05, 3.63) is 0 Å². The van der Waals surface area contributed by atoms with Crippen LogP contribution >= 0.6 is 0 Å². The van der Waals surface area contributed by atoms with Gasteiger partial charge < -0.3 is 10.6 Å². The average molecular weight is 224 g/mol. The smallest absolute Gasteiger partial charge is 0.242 e. The largest absolute Gasteiger partial charge is 0.341 e. The SMILES string of the molecule is CC(C)[C@@]1(C)CCN(C(=O)C2(N)CCC2)C1. The Kier molecular flexibility index (Phi) is 2.77. The minimum absolute atomic E-state index is 0.197. The van der Waals surface area contributed by atoms with Gasteiger partial charge >= 0.3 is 0 Å². The predicted octanol–water partition coefficient (Wildman–Crippen LogP) is 1.76. The van der Waals surface area contributed by atoms with E-state index in [9.17, 15) is 4.79 Å². The summed E-state index contributed by atoms with van der Waals surface area (Å²) in [5.74, 6) is 0.823. The van der Waals surface area contributed by atoms with Crippen molar-refractivity contribution in [2.75, 3.05) is 13.1 Å². The van der Waals surface area contributed by atoms with E-state index in [-0.39, 0.29) is 11.3 Å². The molecule has 1 saturated carbocycles. The third-order valence-electron chi connectivity index (χ3n) is 4.86. The Bertz CT molecular complexity index is 296. The lowest BCUT2D eigenvalue weighted by molar-refractivity contribution is -0.139. The van der Waals surface area contributed by atoms with E-state index in [1.807, 2.05) is 4.90 Å². The predicted molar refractivity (Wildman–Crippen MR) is 64.9 cm³/mol. The fraction of sp³-hybridized carbons (Fsp3) is 0.923. The molecule has 0 aromatic heterocycles. The Balaban J connectivity index is 2.01. The molecule has 0 bridgehead atoms. The van der Waals surface area contributed by atoms with Gasteiger partial charge in [0.25, 0.3) is 0 Å². The lowest BCUT2D eigenvalue weighted by atomic mass is 9.76. The van der Waals surface area contributed by atoms with Gasteiger partial charge in [-0.05, 0) is 37.0 Å². The standard InChI is InChI=1S/C13H24N2O/c1-10(2)12(3)7-8-15(9-12)11(16)13(14)5-4-6-13/h10H,4-9,14H2,1-3H3/t12-/m0/s1. The number of nitrogens with two attached hydrogens (primary N) is 1. The molecule has 3 heteroatoms. The first kappa shape index (κ1) is 11.9. The highest BCUT2D eigenvalue weighted by molar-refractivity contribution is 5.87. The van der Waals surface area contributed by atoms with Crippen molar-refractivity contribution >= 4 is 5.91 Å². The second-order valence-corrected chi connectivity index (χ2v) is 6.30. The maximum atomic E-state index is 12.3. The second kappa shape index (κ2) is 3.73. The summed E-state index contributed by atoms with van der Waals surface area (Å²) >= 11 is 0. The van der Waals surface area contributed by atoms with Gasteiger partial charge in [0.2, 0.25) is 5.91 Å². The van der Waals surface area contributed by atoms with Crippen LogP contribution in [0.1, 0.15) is 46.5 Å². The molecule has 0 spiro atoms. The Morgan fingerprint density at radius 1 is 1.31 bits per heavy atom. The van der Waals surface area contributed by atoms with Crippen LogP contribution in [0.3, 0.4) is 0 Å². The van der Waals surface area contributed by atoms with Crippen molar-refractivity contribution in [1.82, 2.24) is 4.90 Å². The number of likely N-dealkylation sites (tertiary alicyclic amines) is 1. The number of hydrogen-bond acceptors (Lipinski definition) is 2. The topological polar surface area (TPSA) is 46.3 Å². The monoisotopic (exact) mass is 224 g/mol. The average Bonchev–Trinajstić information content (AvgIpc) is 2.57. The quantitative estimate of drug-likeness (QED) is 0.777. The molecule has 2 aliphatic rings. The summed E-state index contributed by atoms with van der Waals surface area (Å²) in [6.07, 6.45) is 3.98. The lowest BCUT2D eigenvalue weighted by Crippen LogP contribution is -2.59. The number of amides is 1. The van der Waals surface area contributed by atoms with Crippen LogP contribution in [-0.4, -0.2) is 29.4 Å². The Morgan fingerprint density at radius 2 is 1.94 bits per heavy atom. The van der Waals surface area contributed by atoms with Crippen LogP contribution in [0.25, 0.3) is 0 Å². The number of rotatable bonds is 2. The van der Waals surface area contributed by atoms with Crippen molar-refractivity contribution in [2.24, 2.45) is 17.1 Å². The lowest BCUT2D eigenvalue weighted by Gasteiger charge is -2.40. The zero-order chi connectivity index (χ0) is 12.0. The number of nitrogens with zero attached hydrogens (tertiary/aromatic N) is 1. The molecule has 2 N–H and O–H groups in total. The van der Waals surface area contributed by atoms with Crippen LogP contribution in [-0.2, 0) is 4.79 Å². The highest BCUT2D eigenvalue weighted by Crippen LogP contribution is 2.39. The number of carbonyl (C=O) groups is 1. The molecule has 1 atom stereocenters. The molecular weight excluding hydrogens is 200 g/mol. The highest BCUT2D eigenvalue weighted by Gasteiger charge is 2.46. The summed E-state index contributed by atoms with van der Waals surface area (Å²) in [6.45, 7) is 8.56. The molecule has 1 heterocycles. The third-order valence-corrected chi connectivity index (χ3v) is 4.86. The van der Waals surface area contributed by atoms with Crippen molar-refractivity contribution in [3.8, 4) is 0 Å². The van der Waals surface area contributed by atoms with Gasteiger partial charge in [-0.2, -0.15) is 0 Å². The molecule has 0 unspecified atom stereocenters. The molecule has 2 rings (SSSR count). The molecule has 1 saturated heterocycles. The van der Waals surface area contributed by atoms with Crippen molar-refractivity contribution in [2.45, 2.75) is 52.0 Å². The first-order valence-electron chi connectivity index (χ1n) is 6.46. The van der Waals surface area contributed by atoms with E-state index in [0.29, 0.717) is 5.92 Å². The molecule has 2 fully saturated rings. The van der Waals surface area contributed by atoms with Gasteiger partial charge in [0, 0.05) is 13.1 Å². The first-order chi connectivity index (χ1) is 7.37. The molecule has 92 valence electrons. The molecule has 16 heavy (non-hydrogen) atoms. The van der Waals surface area contributed by atoms with Gasteiger partial charge in [-0.3, -0.25) is 4.79 Å². The molecule has 3 nitrogen and oxygen atoms in total. The highest BCUT2D eigenvalue weighted by atomic mass is 16.2. The number of hydrogen-bond donors (Lipinski definition) is 1. The summed E-state index contributed by atoms with van der Waals surface area (Å²) in [5.41, 5.74) is 5.88. The van der Waals surface area contributed by atoms with E-state index in [1.54, 1.807) is 0 Å². The number of carbonyl (C=O) groups excluding carboxylic acids is 1. The minimum atomic E-state index is -0.512. The summed E-state index contributed by atoms with van der Waals surface area (Å²) in [7, 11) is 0. The van der Waals surface area contributed by atoms with Gasteiger partial charge in [-0.15, -0.1) is 0 Å². The van der Waals surface area contributed by atoms with Crippen LogP contribution in [0.2, 0.25) is 0 Å². The fourth-order valence-electron chi connectivity index (χ4n) is 2.72. The van der Waals surface area contributed by atoms with Crippen LogP contribution in [0.4, 0.5) is 0 Å². The molecular formula is C13H24N2O. The van der Waals surface area contributed by atoms with E-state index in [2.05, 4.69) is 20.8 Å². The van der Waals surface area contributed by atoms with E-state index in [1.165, 1.54) is 0 Å². The van der Waals surface area contributed by atoms with Gasteiger partial charge in [0.15, 0.2) is 0 Å². The molecule has 0 aromatic rings. The normalized spacial score (nSPS) is 32.9. The van der Waals surface area contributed by atoms with E-state index < -0.39 is 5.54 Å². The molecule has 0 aromatic carbocycles. The van der Waals surface area contributed by atoms with Crippen molar-refractivity contribution < 1.29 is 4.79 Å². The first-order valence-corrected chi connectivity index (χ1v) is 6.46. The van der Waals surface area contributed by atoms with Crippen LogP contribution in [0.5, 0.6) is 0 Å². The summed E-state index contributed by atoms with van der Waals surface area (Å²) in [4.78, 5) is 14.3. The maximum Gasteiger partial charge on any atom is 0.242 e. The maximum absolute atomic E-state index is 12.3. The Hall–Kier alpha value is -0.570. The zero-order valence-corrected chi connectivity index (χ0v) is 10.8. The molecule has 1 amide bonds. The van der Waals surface area contributed by atoms with Gasteiger partial charge in [0.05, 0.1) is 5.54 Å². The Labute approximate surface area is 98.4 Å². The van der Waals surface area contributed by atoms with Gasteiger partial charge in [0.1, 0.15) is 0 Å². The summed E-state index contributed by atoms with van der Waals surface area (Å²) in [6, 6.07) is 0. The van der Waals surface area contributed by atoms with Gasteiger partial charge in [-0.1, -0.05) is 20.8 Å². The summed E-state index contributed by atoms with van der Waals surface area (Å²) in [5, 5.41) is 0. The van der Waals surface area contributed by atoms with Crippen molar-refractivity contribution in [3.63, 3.8) is 0 Å². The zero-order valence-electron chi connectivity index (χ0n) is 10.8. The van der Waals surface area contributed by atoms with E-state index in [0.717, 1.165) is 38.8 Å².